The number of benzene rings is 2. The molecular formula is C18H19N5O2S. The Bertz CT molecular complexity index is 925. The number of nitrogens with zero attached hydrogens (tertiary/aromatic N) is 4. The summed E-state index contributed by atoms with van der Waals surface area (Å²) in [5.41, 5.74) is 3.83. The van der Waals surface area contributed by atoms with Crippen LogP contribution in [0.5, 0.6) is 5.75 Å². The lowest BCUT2D eigenvalue weighted by Crippen LogP contribution is -2.14. The number of thioether (sulfide) groups is 1. The highest BCUT2D eigenvalue weighted by Crippen LogP contribution is 2.22. The maximum absolute atomic E-state index is 12.2. The fourth-order valence-corrected chi connectivity index (χ4v) is 3.17. The van der Waals surface area contributed by atoms with Crippen molar-refractivity contribution in [1.29, 1.82) is 0 Å². The van der Waals surface area contributed by atoms with Crippen LogP contribution in [0.4, 0.5) is 5.69 Å². The summed E-state index contributed by atoms with van der Waals surface area (Å²) in [5.74, 6) is 0.746. The zero-order valence-corrected chi connectivity index (χ0v) is 15.6. The first-order valence-electron chi connectivity index (χ1n) is 7.99. The second-order valence-electron chi connectivity index (χ2n) is 5.73. The highest BCUT2D eigenvalue weighted by atomic mass is 32.2. The second kappa shape index (κ2) is 8.01. The number of methoxy groups -OCH3 is 1. The van der Waals surface area contributed by atoms with Crippen LogP contribution in [0.15, 0.2) is 47.6 Å². The highest BCUT2D eigenvalue weighted by molar-refractivity contribution is 7.99. The van der Waals surface area contributed by atoms with Gasteiger partial charge in [-0.05, 0) is 48.0 Å². The number of anilines is 1. The second-order valence-corrected chi connectivity index (χ2v) is 6.67. The van der Waals surface area contributed by atoms with Gasteiger partial charge in [0.1, 0.15) is 5.75 Å². The first-order chi connectivity index (χ1) is 12.6. The molecule has 2 aromatic carbocycles. The van der Waals surface area contributed by atoms with E-state index in [1.165, 1.54) is 17.3 Å². The van der Waals surface area contributed by atoms with Crippen LogP contribution in [0.25, 0.3) is 5.69 Å². The van der Waals surface area contributed by atoms with Crippen LogP contribution in [0.3, 0.4) is 0 Å². The number of nitrogens with one attached hydrogen (secondary N) is 1. The molecule has 1 aromatic heterocycles. The minimum atomic E-state index is -0.140. The van der Waals surface area contributed by atoms with Gasteiger partial charge in [0.25, 0.3) is 0 Å². The predicted octanol–water partition coefficient (Wildman–Crippen LogP) is 3.02. The molecule has 1 amide bonds. The Labute approximate surface area is 155 Å². The molecule has 134 valence electrons. The van der Waals surface area contributed by atoms with Crippen LogP contribution < -0.4 is 10.1 Å². The van der Waals surface area contributed by atoms with Gasteiger partial charge in [0.15, 0.2) is 0 Å². The van der Waals surface area contributed by atoms with E-state index in [9.17, 15) is 4.79 Å². The molecular weight excluding hydrogens is 350 g/mol. The number of ether oxygens (including phenoxy) is 1. The van der Waals surface area contributed by atoms with E-state index in [2.05, 4.69) is 26.9 Å². The average molecular weight is 369 g/mol. The molecule has 3 rings (SSSR count). The van der Waals surface area contributed by atoms with Crippen LogP contribution in [-0.4, -0.2) is 39.0 Å². The van der Waals surface area contributed by atoms with E-state index in [0.29, 0.717) is 16.6 Å². The third-order valence-corrected chi connectivity index (χ3v) is 4.63. The molecule has 0 aliphatic heterocycles. The van der Waals surface area contributed by atoms with Gasteiger partial charge in [-0.15, -0.1) is 5.10 Å². The molecule has 0 atom stereocenters. The molecule has 0 aliphatic rings. The van der Waals surface area contributed by atoms with Crippen molar-refractivity contribution < 1.29 is 9.53 Å². The van der Waals surface area contributed by atoms with Gasteiger partial charge in [0.2, 0.25) is 11.1 Å². The zero-order valence-electron chi connectivity index (χ0n) is 14.8. The predicted molar refractivity (Wildman–Crippen MR) is 101 cm³/mol. The Morgan fingerprint density at radius 3 is 2.85 bits per heavy atom. The third kappa shape index (κ3) is 4.20. The minimum absolute atomic E-state index is 0.140. The highest BCUT2D eigenvalue weighted by Gasteiger charge is 2.13. The lowest BCUT2D eigenvalue weighted by molar-refractivity contribution is -0.113. The standard InChI is InChI=1S/C18H19N5O2S/c1-12-7-8-16(13(2)9-12)23-18(20-21-22-23)26-11-17(24)19-14-5-4-6-15(10-14)25-3/h4-10H,11H2,1-3H3,(H,19,24). The van der Waals surface area contributed by atoms with Crippen molar-refractivity contribution in [3.8, 4) is 11.4 Å². The SMILES string of the molecule is COc1cccc(NC(=O)CSc2nnnn2-c2ccc(C)cc2C)c1. The fraction of sp³-hybridized carbons (Fsp3) is 0.222. The number of hydrogen-bond acceptors (Lipinski definition) is 6. The average Bonchev–Trinajstić information content (AvgIpc) is 3.08. The lowest BCUT2D eigenvalue weighted by atomic mass is 10.1. The van der Waals surface area contributed by atoms with E-state index in [-0.39, 0.29) is 11.7 Å². The molecule has 26 heavy (non-hydrogen) atoms. The summed E-state index contributed by atoms with van der Waals surface area (Å²) in [6.45, 7) is 4.04. The summed E-state index contributed by atoms with van der Waals surface area (Å²) in [6, 6.07) is 13.3. The largest absolute Gasteiger partial charge is 0.497 e. The van der Waals surface area contributed by atoms with Crippen molar-refractivity contribution >= 4 is 23.4 Å². The maximum atomic E-state index is 12.2. The normalized spacial score (nSPS) is 10.6. The summed E-state index contributed by atoms with van der Waals surface area (Å²) < 4.78 is 6.80. The Morgan fingerprint density at radius 1 is 1.23 bits per heavy atom. The number of carbonyl (C=O) groups is 1. The van der Waals surface area contributed by atoms with Crippen molar-refractivity contribution in [2.24, 2.45) is 0 Å². The number of tetrazole rings is 1. The monoisotopic (exact) mass is 369 g/mol. The molecule has 0 spiro atoms. The molecule has 0 saturated heterocycles. The molecule has 0 bridgehead atoms. The third-order valence-electron chi connectivity index (χ3n) is 3.71. The number of carbonyl (C=O) groups excluding carboxylic acids is 1. The van der Waals surface area contributed by atoms with Crippen LogP contribution in [0.2, 0.25) is 0 Å². The molecule has 1 heterocycles. The summed E-state index contributed by atoms with van der Waals surface area (Å²) in [7, 11) is 1.59. The quantitative estimate of drug-likeness (QED) is 0.673. The molecule has 0 aliphatic carbocycles. The summed E-state index contributed by atoms with van der Waals surface area (Å²) in [6.07, 6.45) is 0. The number of rotatable bonds is 6. The smallest absolute Gasteiger partial charge is 0.234 e. The van der Waals surface area contributed by atoms with E-state index in [1.54, 1.807) is 17.9 Å². The van der Waals surface area contributed by atoms with Gasteiger partial charge in [0.05, 0.1) is 18.6 Å². The number of amides is 1. The Hall–Kier alpha value is -2.87. The molecule has 0 radical (unpaired) electrons. The molecule has 0 unspecified atom stereocenters. The van der Waals surface area contributed by atoms with Crippen LogP contribution >= 0.6 is 11.8 Å². The molecule has 0 saturated carbocycles. The summed E-state index contributed by atoms with van der Waals surface area (Å²) >= 11 is 1.28. The van der Waals surface area contributed by atoms with Gasteiger partial charge in [0, 0.05) is 11.8 Å². The van der Waals surface area contributed by atoms with Gasteiger partial charge in [-0.1, -0.05) is 35.5 Å². The van der Waals surface area contributed by atoms with E-state index in [4.69, 9.17) is 4.74 Å². The Kier molecular flexibility index (Phi) is 5.52. The van der Waals surface area contributed by atoms with Crippen LogP contribution in [0, 0.1) is 13.8 Å². The Morgan fingerprint density at radius 2 is 2.08 bits per heavy atom. The van der Waals surface area contributed by atoms with Crippen molar-refractivity contribution in [2.45, 2.75) is 19.0 Å². The first kappa shape index (κ1) is 17.9. The van der Waals surface area contributed by atoms with Crippen molar-refractivity contribution in [3.63, 3.8) is 0 Å². The molecule has 1 N–H and O–H groups in total. The van der Waals surface area contributed by atoms with E-state index < -0.39 is 0 Å². The molecule has 0 fully saturated rings. The molecule has 3 aromatic rings. The van der Waals surface area contributed by atoms with Gasteiger partial charge in [-0.25, -0.2) is 0 Å². The van der Waals surface area contributed by atoms with Gasteiger partial charge in [-0.2, -0.15) is 4.68 Å². The van der Waals surface area contributed by atoms with Gasteiger partial charge >= 0.3 is 0 Å². The zero-order chi connectivity index (χ0) is 18.5. The van der Waals surface area contributed by atoms with E-state index in [0.717, 1.165) is 11.3 Å². The Balaban J connectivity index is 1.67. The fourth-order valence-electron chi connectivity index (χ4n) is 2.49. The lowest BCUT2D eigenvalue weighted by Gasteiger charge is -2.09. The number of aryl methyl sites for hydroxylation is 2. The van der Waals surface area contributed by atoms with Crippen molar-refractivity contribution in [1.82, 2.24) is 20.2 Å². The van der Waals surface area contributed by atoms with Crippen molar-refractivity contribution in [3.05, 3.63) is 53.6 Å². The minimum Gasteiger partial charge on any atom is -0.497 e. The topological polar surface area (TPSA) is 81.9 Å². The summed E-state index contributed by atoms with van der Waals surface area (Å²) in [4.78, 5) is 12.2. The first-order valence-corrected chi connectivity index (χ1v) is 8.98. The number of aromatic nitrogens is 4. The van der Waals surface area contributed by atoms with Crippen LogP contribution in [0.1, 0.15) is 11.1 Å². The summed E-state index contributed by atoms with van der Waals surface area (Å²) in [5, 5.41) is 15.2. The van der Waals surface area contributed by atoms with Gasteiger partial charge in [-0.3, -0.25) is 4.79 Å². The molecule has 7 nitrogen and oxygen atoms in total. The van der Waals surface area contributed by atoms with E-state index in [1.807, 2.05) is 44.2 Å². The maximum Gasteiger partial charge on any atom is 0.234 e. The van der Waals surface area contributed by atoms with Crippen molar-refractivity contribution in [2.75, 3.05) is 18.2 Å². The van der Waals surface area contributed by atoms with Gasteiger partial charge < -0.3 is 10.1 Å². The van der Waals surface area contributed by atoms with Crippen LogP contribution in [-0.2, 0) is 4.79 Å². The number of hydrogen-bond donors (Lipinski definition) is 1. The van der Waals surface area contributed by atoms with E-state index >= 15 is 0 Å². The molecule has 8 heteroatoms.